The maximum Gasteiger partial charge on any atom is 0.227 e. The van der Waals surface area contributed by atoms with E-state index < -0.39 is 0 Å². The number of carbonyl (C=O) groups is 1. The zero-order chi connectivity index (χ0) is 14.4. The molecule has 0 spiro atoms. The Balaban J connectivity index is 2.46. The minimum atomic E-state index is -0.213. The molecule has 4 heteroatoms. The number of oxazole rings is 1. The van der Waals surface area contributed by atoms with Gasteiger partial charge in [-0.2, -0.15) is 0 Å². The molecule has 1 atom stereocenters. The molecule has 0 saturated carbocycles. The summed E-state index contributed by atoms with van der Waals surface area (Å²) in [6, 6.07) is 0. The van der Waals surface area contributed by atoms with E-state index >= 15 is 0 Å². The highest BCUT2D eigenvalue weighted by molar-refractivity contribution is 5.81. The fourth-order valence-electron chi connectivity index (χ4n) is 2.52. The Labute approximate surface area is 115 Å². The van der Waals surface area contributed by atoms with Gasteiger partial charge in [-0.05, 0) is 26.2 Å². The monoisotopic (exact) mass is 264 g/mol. The van der Waals surface area contributed by atoms with Crippen molar-refractivity contribution in [3.8, 4) is 0 Å². The first-order valence-electron chi connectivity index (χ1n) is 6.83. The molecular formula is C15H24N2O2. The van der Waals surface area contributed by atoms with Crippen LogP contribution < -0.4 is 0 Å². The first-order chi connectivity index (χ1) is 8.60. The van der Waals surface area contributed by atoms with Crippen molar-refractivity contribution in [3.05, 3.63) is 17.8 Å². The maximum atomic E-state index is 12.9. The Morgan fingerprint density at radius 1 is 1.26 bits per heavy atom. The summed E-state index contributed by atoms with van der Waals surface area (Å²) in [7, 11) is 0. The van der Waals surface area contributed by atoms with Crippen LogP contribution in [0.3, 0.4) is 0 Å². The average Bonchev–Trinajstić information content (AvgIpc) is 2.60. The molecule has 0 aromatic carbocycles. The predicted octanol–water partition coefficient (Wildman–Crippen LogP) is 3.02. The van der Waals surface area contributed by atoms with Crippen LogP contribution in [0.15, 0.2) is 10.8 Å². The van der Waals surface area contributed by atoms with Crippen LogP contribution in [0.4, 0.5) is 0 Å². The van der Waals surface area contributed by atoms with Crippen molar-refractivity contribution >= 4 is 5.91 Å². The van der Waals surface area contributed by atoms with Crippen molar-refractivity contribution in [2.45, 2.75) is 60.0 Å². The Bertz CT molecular complexity index is 437. The summed E-state index contributed by atoms with van der Waals surface area (Å²) in [5.41, 5.74) is 0.635. The van der Waals surface area contributed by atoms with Crippen molar-refractivity contribution in [3.63, 3.8) is 0 Å². The number of aromatic nitrogens is 1. The zero-order valence-corrected chi connectivity index (χ0v) is 12.8. The molecule has 2 heterocycles. The standard InChI is InChI=1S/C15H24N2O2/c1-14(2,3)10-7-11-12(19-9-16-11)8-17(13(10)18)15(4,5)6/h9-10H,7-8H2,1-6H3. The first-order valence-corrected chi connectivity index (χ1v) is 6.83. The molecule has 0 bridgehead atoms. The van der Waals surface area contributed by atoms with Crippen LogP contribution in [0.1, 0.15) is 53.0 Å². The van der Waals surface area contributed by atoms with Crippen LogP contribution in [0.5, 0.6) is 0 Å². The predicted molar refractivity (Wildman–Crippen MR) is 73.5 cm³/mol. The number of amides is 1. The van der Waals surface area contributed by atoms with Crippen molar-refractivity contribution in [1.82, 2.24) is 9.88 Å². The van der Waals surface area contributed by atoms with E-state index in [0.29, 0.717) is 13.0 Å². The summed E-state index contributed by atoms with van der Waals surface area (Å²) in [5, 5.41) is 0. The van der Waals surface area contributed by atoms with E-state index in [1.54, 1.807) is 0 Å². The SMILES string of the molecule is CC(C)(C)C1Cc2ncoc2CN(C(C)(C)C)C1=O. The van der Waals surface area contributed by atoms with E-state index in [1.165, 1.54) is 6.39 Å². The fraction of sp³-hybridized carbons (Fsp3) is 0.733. The van der Waals surface area contributed by atoms with E-state index in [4.69, 9.17) is 4.42 Å². The lowest BCUT2D eigenvalue weighted by molar-refractivity contribution is -0.144. The average molecular weight is 264 g/mol. The van der Waals surface area contributed by atoms with Gasteiger partial charge < -0.3 is 9.32 Å². The van der Waals surface area contributed by atoms with E-state index in [2.05, 4.69) is 46.5 Å². The second kappa shape index (κ2) is 4.36. The van der Waals surface area contributed by atoms with Crippen molar-refractivity contribution in [2.75, 3.05) is 0 Å². The van der Waals surface area contributed by atoms with Gasteiger partial charge in [-0.25, -0.2) is 4.98 Å². The molecule has 0 saturated heterocycles. The third-order valence-electron chi connectivity index (χ3n) is 3.84. The van der Waals surface area contributed by atoms with Gasteiger partial charge >= 0.3 is 0 Å². The van der Waals surface area contributed by atoms with E-state index in [-0.39, 0.29) is 22.8 Å². The van der Waals surface area contributed by atoms with Gasteiger partial charge in [0.2, 0.25) is 5.91 Å². The minimum Gasteiger partial charge on any atom is -0.446 e. The highest BCUT2D eigenvalue weighted by Crippen LogP contribution is 2.36. The smallest absolute Gasteiger partial charge is 0.227 e. The van der Waals surface area contributed by atoms with Gasteiger partial charge in [0.25, 0.3) is 0 Å². The highest BCUT2D eigenvalue weighted by atomic mass is 16.3. The largest absolute Gasteiger partial charge is 0.446 e. The third kappa shape index (κ3) is 2.67. The normalized spacial score (nSPS) is 21.3. The maximum absolute atomic E-state index is 12.9. The number of fused-ring (bicyclic) bond motifs is 1. The third-order valence-corrected chi connectivity index (χ3v) is 3.84. The van der Waals surface area contributed by atoms with Gasteiger partial charge in [-0.1, -0.05) is 20.8 Å². The summed E-state index contributed by atoms with van der Waals surface area (Å²) in [6.07, 6.45) is 2.15. The van der Waals surface area contributed by atoms with Gasteiger partial charge in [-0.15, -0.1) is 0 Å². The summed E-state index contributed by atoms with van der Waals surface area (Å²) in [5.74, 6) is 0.973. The highest BCUT2D eigenvalue weighted by Gasteiger charge is 2.41. The van der Waals surface area contributed by atoms with Gasteiger partial charge in [0.15, 0.2) is 6.39 Å². The molecule has 0 N–H and O–H groups in total. The number of rotatable bonds is 0. The molecule has 0 aliphatic carbocycles. The quantitative estimate of drug-likeness (QED) is 0.723. The summed E-state index contributed by atoms with van der Waals surface area (Å²) in [6.45, 7) is 13.0. The van der Waals surface area contributed by atoms with Crippen LogP contribution in [0, 0.1) is 11.3 Å². The van der Waals surface area contributed by atoms with Gasteiger partial charge in [0, 0.05) is 17.9 Å². The second-order valence-electron chi connectivity index (χ2n) is 7.44. The Morgan fingerprint density at radius 2 is 1.89 bits per heavy atom. The lowest BCUT2D eigenvalue weighted by atomic mass is 9.77. The summed E-state index contributed by atoms with van der Waals surface area (Å²) < 4.78 is 5.47. The molecule has 0 fully saturated rings. The minimum absolute atomic E-state index is 0.0573. The molecular weight excluding hydrogens is 240 g/mol. The van der Waals surface area contributed by atoms with Crippen LogP contribution in [-0.4, -0.2) is 21.3 Å². The molecule has 1 aliphatic heterocycles. The molecule has 4 nitrogen and oxygen atoms in total. The topological polar surface area (TPSA) is 46.3 Å². The fourth-order valence-corrected chi connectivity index (χ4v) is 2.52. The molecule has 1 aromatic rings. The molecule has 1 aromatic heterocycles. The van der Waals surface area contributed by atoms with Crippen LogP contribution in [0.25, 0.3) is 0 Å². The molecule has 1 unspecified atom stereocenters. The van der Waals surface area contributed by atoms with Crippen LogP contribution >= 0.6 is 0 Å². The van der Waals surface area contributed by atoms with Crippen molar-refractivity contribution < 1.29 is 9.21 Å². The first kappa shape index (κ1) is 14.1. The Kier molecular flexibility index (Phi) is 3.23. The van der Waals surface area contributed by atoms with Gasteiger partial charge in [-0.3, -0.25) is 4.79 Å². The number of hydrogen-bond donors (Lipinski definition) is 0. The summed E-state index contributed by atoms with van der Waals surface area (Å²) >= 11 is 0. The molecule has 1 aliphatic rings. The molecule has 1 amide bonds. The molecule has 2 rings (SSSR count). The zero-order valence-electron chi connectivity index (χ0n) is 12.8. The van der Waals surface area contributed by atoms with E-state index in [0.717, 1.165) is 11.5 Å². The molecule has 106 valence electrons. The number of carbonyl (C=O) groups excluding carboxylic acids is 1. The van der Waals surface area contributed by atoms with Crippen LogP contribution in [0.2, 0.25) is 0 Å². The molecule has 0 radical (unpaired) electrons. The lowest BCUT2D eigenvalue weighted by Gasteiger charge is -2.39. The lowest BCUT2D eigenvalue weighted by Crippen LogP contribution is -2.49. The Morgan fingerprint density at radius 3 is 2.42 bits per heavy atom. The second-order valence-corrected chi connectivity index (χ2v) is 7.44. The van der Waals surface area contributed by atoms with Gasteiger partial charge in [0.05, 0.1) is 12.2 Å². The van der Waals surface area contributed by atoms with Crippen molar-refractivity contribution in [2.24, 2.45) is 11.3 Å². The number of nitrogens with zero attached hydrogens (tertiary/aromatic N) is 2. The van der Waals surface area contributed by atoms with Crippen molar-refractivity contribution in [1.29, 1.82) is 0 Å². The molecule has 19 heavy (non-hydrogen) atoms. The van der Waals surface area contributed by atoms with Gasteiger partial charge in [0.1, 0.15) is 5.76 Å². The summed E-state index contributed by atoms with van der Waals surface area (Å²) in [4.78, 5) is 19.1. The van der Waals surface area contributed by atoms with Crippen LogP contribution in [-0.2, 0) is 17.8 Å². The number of hydrogen-bond acceptors (Lipinski definition) is 3. The van der Waals surface area contributed by atoms with E-state index in [1.807, 2.05) is 4.90 Å². The van der Waals surface area contributed by atoms with E-state index in [9.17, 15) is 4.79 Å². The Hall–Kier alpha value is -1.32.